The van der Waals surface area contributed by atoms with Crippen molar-refractivity contribution >= 4 is 27.3 Å². The average molecular weight is 511 g/mol. The number of halogens is 1. The molecule has 1 aliphatic heterocycles. The Morgan fingerprint density at radius 3 is 2.36 bits per heavy atom. The third kappa shape index (κ3) is 6.42. The molecule has 1 fully saturated rings. The summed E-state index contributed by atoms with van der Waals surface area (Å²) in [4.78, 5) is 2.36. The first-order valence-corrected chi connectivity index (χ1v) is 12.2. The third-order valence-electron chi connectivity index (χ3n) is 5.61. The van der Waals surface area contributed by atoms with E-state index in [1.54, 1.807) is 0 Å². The van der Waals surface area contributed by atoms with Crippen LogP contribution in [0.15, 0.2) is 65.1 Å². The second-order valence-electron chi connectivity index (χ2n) is 8.11. The Kier molecular flexibility index (Phi) is 8.13. The van der Waals surface area contributed by atoms with Gasteiger partial charge in [-0.25, -0.2) is 0 Å². The molecule has 5 nitrogen and oxygen atoms in total. The van der Waals surface area contributed by atoms with Gasteiger partial charge < -0.3 is 24.4 Å². The average Bonchev–Trinajstić information content (AvgIpc) is 2.84. The van der Waals surface area contributed by atoms with Crippen LogP contribution in [0.4, 0.5) is 11.4 Å². The summed E-state index contributed by atoms with van der Waals surface area (Å²) in [6.07, 6.45) is 0. The normalized spacial score (nSPS) is 13.6. The second-order valence-corrected chi connectivity index (χ2v) is 8.97. The Labute approximate surface area is 204 Å². The molecular formula is C27H31BrN2O3. The zero-order valence-electron chi connectivity index (χ0n) is 19.3. The molecule has 1 heterocycles. The van der Waals surface area contributed by atoms with E-state index >= 15 is 0 Å². The number of benzene rings is 3. The summed E-state index contributed by atoms with van der Waals surface area (Å²) in [5.74, 6) is 1.48. The van der Waals surface area contributed by atoms with Gasteiger partial charge in [0.05, 0.1) is 24.3 Å². The van der Waals surface area contributed by atoms with Gasteiger partial charge in [-0.2, -0.15) is 0 Å². The van der Waals surface area contributed by atoms with Crippen molar-refractivity contribution in [2.75, 3.05) is 43.1 Å². The third-order valence-corrected chi connectivity index (χ3v) is 6.20. The molecule has 1 N–H and O–H groups in total. The highest BCUT2D eigenvalue weighted by molar-refractivity contribution is 9.10. The summed E-state index contributed by atoms with van der Waals surface area (Å²) in [6, 6.07) is 21.1. The van der Waals surface area contributed by atoms with E-state index < -0.39 is 0 Å². The van der Waals surface area contributed by atoms with Crippen LogP contribution in [0.5, 0.6) is 11.5 Å². The Balaban J connectivity index is 1.40. The molecule has 174 valence electrons. The topological polar surface area (TPSA) is 43.0 Å². The number of nitrogens with zero attached hydrogens (tertiary/aromatic N) is 1. The highest BCUT2D eigenvalue weighted by atomic mass is 79.9. The molecule has 1 aliphatic rings. The lowest BCUT2D eigenvalue weighted by Gasteiger charge is -2.29. The van der Waals surface area contributed by atoms with E-state index in [1.165, 1.54) is 11.3 Å². The molecule has 0 aliphatic carbocycles. The minimum Gasteiger partial charge on any atom is -0.490 e. The summed E-state index contributed by atoms with van der Waals surface area (Å²) in [5, 5.41) is 3.51. The van der Waals surface area contributed by atoms with Crippen molar-refractivity contribution in [3.05, 3.63) is 81.8 Å². The maximum atomic E-state index is 6.13. The number of hydrogen-bond donors (Lipinski definition) is 1. The van der Waals surface area contributed by atoms with E-state index in [2.05, 4.69) is 87.7 Å². The van der Waals surface area contributed by atoms with Crippen LogP contribution in [0, 0.1) is 6.92 Å². The smallest absolute Gasteiger partial charge is 0.175 e. The maximum Gasteiger partial charge on any atom is 0.175 e. The van der Waals surface area contributed by atoms with Crippen LogP contribution in [0.3, 0.4) is 0 Å². The number of hydrogen-bond acceptors (Lipinski definition) is 5. The molecule has 0 saturated carbocycles. The molecule has 6 heteroatoms. The Hall–Kier alpha value is -2.70. The molecule has 3 aromatic rings. The summed E-state index contributed by atoms with van der Waals surface area (Å²) in [7, 11) is 0. The van der Waals surface area contributed by atoms with E-state index in [4.69, 9.17) is 14.2 Å². The van der Waals surface area contributed by atoms with Gasteiger partial charge in [0.15, 0.2) is 11.5 Å². The van der Waals surface area contributed by atoms with E-state index in [-0.39, 0.29) is 0 Å². The lowest BCUT2D eigenvalue weighted by Crippen LogP contribution is -2.36. The fourth-order valence-corrected chi connectivity index (χ4v) is 4.39. The van der Waals surface area contributed by atoms with Crippen molar-refractivity contribution < 1.29 is 14.2 Å². The molecule has 0 bridgehead atoms. The van der Waals surface area contributed by atoms with E-state index in [1.807, 2.05) is 13.0 Å². The molecule has 0 atom stereocenters. The first kappa shape index (κ1) is 23.5. The van der Waals surface area contributed by atoms with Crippen molar-refractivity contribution in [1.82, 2.24) is 0 Å². The van der Waals surface area contributed by atoms with Crippen LogP contribution in [0.2, 0.25) is 0 Å². The fourth-order valence-electron chi connectivity index (χ4n) is 3.78. The standard InChI is InChI=1S/C27H31BrN2O3/c1-3-32-26-17-22(16-25(28)27(26)33-19-21-6-4-20(2)5-7-21)18-29-23-8-10-24(11-9-23)30-12-14-31-15-13-30/h4-11,16-17,29H,3,12-15,18-19H2,1-2H3. The van der Waals surface area contributed by atoms with Gasteiger partial charge in [-0.15, -0.1) is 0 Å². The Morgan fingerprint density at radius 2 is 1.67 bits per heavy atom. The molecule has 1 saturated heterocycles. The second kappa shape index (κ2) is 11.4. The Morgan fingerprint density at radius 1 is 0.939 bits per heavy atom. The highest BCUT2D eigenvalue weighted by Gasteiger charge is 2.14. The minimum absolute atomic E-state index is 0.492. The van der Waals surface area contributed by atoms with Crippen molar-refractivity contribution in [1.29, 1.82) is 0 Å². The first-order valence-electron chi connectivity index (χ1n) is 11.4. The van der Waals surface area contributed by atoms with Crippen LogP contribution >= 0.6 is 15.9 Å². The number of morpholine rings is 1. The lowest BCUT2D eigenvalue weighted by molar-refractivity contribution is 0.122. The Bertz CT molecular complexity index is 1030. The predicted molar refractivity (Wildman–Crippen MR) is 138 cm³/mol. The maximum absolute atomic E-state index is 6.13. The van der Waals surface area contributed by atoms with Gasteiger partial charge in [0.2, 0.25) is 0 Å². The van der Waals surface area contributed by atoms with Gasteiger partial charge in [-0.1, -0.05) is 29.8 Å². The van der Waals surface area contributed by atoms with Gasteiger partial charge in [0.25, 0.3) is 0 Å². The molecule has 33 heavy (non-hydrogen) atoms. The lowest BCUT2D eigenvalue weighted by atomic mass is 10.1. The van der Waals surface area contributed by atoms with Crippen LogP contribution in [0.25, 0.3) is 0 Å². The summed E-state index contributed by atoms with van der Waals surface area (Å²) in [5.41, 5.74) is 5.80. The molecule has 0 amide bonds. The molecule has 3 aromatic carbocycles. The van der Waals surface area contributed by atoms with Crippen LogP contribution in [0.1, 0.15) is 23.6 Å². The number of rotatable bonds is 9. The van der Waals surface area contributed by atoms with E-state index in [9.17, 15) is 0 Å². The zero-order chi connectivity index (χ0) is 23.0. The van der Waals surface area contributed by atoms with Gasteiger partial charge in [0, 0.05) is 31.0 Å². The number of anilines is 2. The van der Waals surface area contributed by atoms with Gasteiger partial charge in [-0.3, -0.25) is 0 Å². The summed E-state index contributed by atoms with van der Waals surface area (Å²) < 4.78 is 18.4. The van der Waals surface area contributed by atoms with E-state index in [0.29, 0.717) is 19.8 Å². The first-order chi connectivity index (χ1) is 16.1. The van der Waals surface area contributed by atoms with Gasteiger partial charge >= 0.3 is 0 Å². The molecule has 0 unspecified atom stereocenters. The number of aryl methyl sites for hydroxylation is 1. The molecule has 0 spiro atoms. The van der Waals surface area contributed by atoms with Crippen molar-refractivity contribution in [2.24, 2.45) is 0 Å². The van der Waals surface area contributed by atoms with Crippen molar-refractivity contribution in [3.63, 3.8) is 0 Å². The van der Waals surface area contributed by atoms with Crippen molar-refractivity contribution in [2.45, 2.75) is 27.0 Å². The monoisotopic (exact) mass is 510 g/mol. The predicted octanol–water partition coefficient (Wildman–Crippen LogP) is 6.18. The fraction of sp³-hybridized carbons (Fsp3) is 0.333. The quantitative estimate of drug-likeness (QED) is 0.372. The largest absolute Gasteiger partial charge is 0.490 e. The van der Waals surface area contributed by atoms with Crippen LogP contribution in [-0.2, 0) is 17.9 Å². The highest BCUT2D eigenvalue weighted by Crippen LogP contribution is 2.37. The zero-order valence-corrected chi connectivity index (χ0v) is 20.9. The molecular weight excluding hydrogens is 480 g/mol. The molecule has 0 radical (unpaired) electrons. The summed E-state index contributed by atoms with van der Waals surface area (Å²) in [6.45, 7) is 9.30. The number of nitrogens with one attached hydrogen (secondary N) is 1. The molecule has 0 aromatic heterocycles. The SMILES string of the molecule is CCOc1cc(CNc2ccc(N3CCOCC3)cc2)cc(Br)c1OCc1ccc(C)cc1. The van der Waals surface area contributed by atoms with Crippen LogP contribution in [-0.4, -0.2) is 32.9 Å². The number of ether oxygens (including phenoxy) is 3. The molecule has 4 rings (SSSR count). The van der Waals surface area contributed by atoms with Crippen molar-refractivity contribution in [3.8, 4) is 11.5 Å². The summed E-state index contributed by atoms with van der Waals surface area (Å²) >= 11 is 3.68. The van der Waals surface area contributed by atoms with E-state index in [0.717, 1.165) is 59.1 Å². The van der Waals surface area contributed by atoms with Gasteiger partial charge in [-0.05, 0) is 77.3 Å². The van der Waals surface area contributed by atoms with Crippen LogP contribution < -0.4 is 19.7 Å². The van der Waals surface area contributed by atoms with Gasteiger partial charge in [0.1, 0.15) is 6.61 Å². The minimum atomic E-state index is 0.492.